The molecule has 0 bridgehead atoms. The Morgan fingerprint density at radius 1 is 1.33 bits per heavy atom. The molecule has 2 rings (SSSR count). The van der Waals surface area contributed by atoms with Gasteiger partial charge in [-0.2, -0.15) is 0 Å². The number of hydrogen-bond donors (Lipinski definition) is 3. The molecule has 0 saturated heterocycles. The Bertz CT molecular complexity index is 731. The third kappa shape index (κ3) is 7.78. The number of nitrogens with one attached hydrogen (secondary N) is 3. The Morgan fingerprint density at radius 2 is 2.15 bits per heavy atom. The van der Waals surface area contributed by atoms with Gasteiger partial charge in [0.25, 0.3) is 0 Å². The Hall–Kier alpha value is -2.42. The number of aryl methyl sites for hydroxylation is 1. The minimum Gasteiger partial charge on any atom is -0.355 e. The summed E-state index contributed by atoms with van der Waals surface area (Å²) in [5.41, 5.74) is -0.268. The van der Waals surface area contributed by atoms with Gasteiger partial charge in [0.1, 0.15) is 18.7 Å². The number of rotatable bonds is 8. The lowest BCUT2D eigenvalue weighted by molar-refractivity contribution is -0.121. The lowest BCUT2D eigenvalue weighted by atomic mass is 10.1. The monoisotopic (exact) mass is 391 g/mol. The van der Waals surface area contributed by atoms with Crippen molar-refractivity contribution in [1.29, 1.82) is 0 Å². The Balaban J connectivity index is 1.91. The molecule has 3 N–H and O–H groups in total. The summed E-state index contributed by atoms with van der Waals surface area (Å²) in [5.74, 6) is 1.46. The molecular formula is C18H29N7OS. The van der Waals surface area contributed by atoms with Crippen molar-refractivity contribution in [3.8, 4) is 0 Å². The first kappa shape index (κ1) is 20.9. The highest BCUT2D eigenvalue weighted by molar-refractivity contribution is 7.09. The number of thiophene rings is 1. The molecule has 0 aromatic carbocycles. The molecule has 0 saturated carbocycles. The van der Waals surface area contributed by atoms with Crippen molar-refractivity contribution >= 4 is 23.2 Å². The zero-order valence-corrected chi connectivity index (χ0v) is 17.3. The van der Waals surface area contributed by atoms with Crippen LogP contribution in [0.25, 0.3) is 0 Å². The van der Waals surface area contributed by atoms with E-state index in [0.29, 0.717) is 19.0 Å². The number of carbonyl (C=O) groups excluding carboxylic acids is 1. The number of amides is 1. The summed E-state index contributed by atoms with van der Waals surface area (Å²) in [6.07, 6.45) is 2.57. The van der Waals surface area contributed by atoms with E-state index in [1.54, 1.807) is 17.7 Å². The molecule has 0 atom stereocenters. The van der Waals surface area contributed by atoms with Crippen LogP contribution in [0.4, 0.5) is 0 Å². The van der Waals surface area contributed by atoms with Crippen LogP contribution < -0.4 is 16.0 Å². The van der Waals surface area contributed by atoms with Gasteiger partial charge < -0.3 is 20.5 Å². The summed E-state index contributed by atoms with van der Waals surface area (Å²) < 4.78 is 2.01. The van der Waals surface area contributed by atoms with E-state index < -0.39 is 0 Å². The second-order valence-corrected chi connectivity index (χ2v) is 8.15. The maximum absolute atomic E-state index is 12.0. The fraction of sp³-hybridized carbons (Fsp3) is 0.556. The molecule has 8 nitrogen and oxygen atoms in total. The van der Waals surface area contributed by atoms with Crippen LogP contribution in [0.3, 0.4) is 0 Å². The first-order valence-corrected chi connectivity index (χ1v) is 9.97. The number of guanidine groups is 1. The summed E-state index contributed by atoms with van der Waals surface area (Å²) in [4.78, 5) is 17.7. The Labute approximate surface area is 164 Å². The highest BCUT2D eigenvalue weighted by Crippen LogP contribution is 2.07. The molecule has 0 unspecified atom stereocenters. The van der Waals surface area contributed by atoms with Gasteiger partial charge in [-0.25, -0.2) is 4.99 Å². The van der Waals surface area contributed by atoms with Crippen LogP contribution in [0, 0.1) is 0 Å². The second kappa shape index (κ2) is 10.1. The summed E-state index contributed by atoms with van der Waals surface area (Å²) in [6.45, 7) is 10.0. The van der Waals surface area contributed by atoms with E-state index >= 15 is 0 Å². The SMILES string of the molecule is CCc1nncn1CCNC(=NCC(=O)NC(C)(C)C)NCc1cccs1. The average molecular weight is 392 g/mol. The van der Waals surface area contributed by atoms with Gasteiger partial charge in [0.2, 0.25) is 5.91 Å². The van der Waals surface area contributed by atoms with Crippen molar-refractivity contribution in [2.75, 3.05) is 13.1 Å². The lowest BCUT2D eigenvalue weighted by Gasteiger charge is -2.20. The third-order valence-electron chi connectivity index (χ3n) is 3.56. The van der Waals surface area contributed by atoms with Gasteiger partial charge in [-0.15, -0.1) is 21.5 Å². The number of aliphatic imine (C=N–C) groups is 1. The maximum atomic E-state index is 12.0. The molecular weight excluding hydrogens is 362 g/mol. The molecule has 0 aliphatic rings. The third-order valence-corrected chi connectivity index (χ3v) is 4.44. The van der Waals surface area contributed by atoms with Crippen LogP contribution in [0.15, 0.2) is 28.8 Å². The topological polar surface area (TPSA) is 96.2 Å². The molecule has 2 aromatic heterocycles. The number of carbonyl (C=O) groups is 1. The summed E-state index contributed by atoms with van der Waals surface area (Å²) in [6, 6.07) is 4.08. The van der Waals surface area contributed by atoms with E-state index in [0.717, 1.165) is 18.8 Å². The van der Waals surface area contributed by atoms with E-state index in [2.05, 4.69) is 44.1 Å². The Morgan fingerprint density at radius 3 is 2.81 bits per heavy atom. The lowest BCUT2D eigenvalue weighted by Crippen LogP contribution is -2.43. The van der Waals surface area contributed by atoms with Crippen LogP contribution in [0.5, 0.6) is 0 Å². The second-order valence-electron chi connectivity index (χ2n) is 7.12. The minimum atomic E-state index is -0.268. The molecule has 0 radical (unpaired) electrons. The quantitative estimate of drug-likeness (QED) is 0.469. The van der Waals surface area contributed by atoms with Crippen molar-refractivity contribution in [1.82, 2.24) is 30.7 Å². The summed E-state index contributed by atoms with van der Waals surface area (Å²) >= 11 is 1.68. The van der Waals surface area contributed by atoms with Crippen LogP contribution in [-0.2, 0) is 24.3 Å². The molecule has 0 spiro atoms. The van der Waals surface area contributed by atoms with Gasteiger partial charge in [0.15, 0.2) is 5.96 Å². The van der Waals surface area contributed by atoms with Gasteiger partial charge in [-0.1, -0.05) is 13.0 Å². The van der Waals surface area contributed by atoms with Crippen LogP contribution in [0.2, 0.25) is 0 Å². The number of hydrogen-bond acceptors (Lipinski definition) is 5. The molecule has 27 heavy (non-hydrogen) atoms. The number of nitrogens with zero attached hydrogens (tertiary/aromatic N) is 4. The van der Waals surface area contributed by atoms with Crippen molar-refractivity contribution < 1.29 is 4.79 Å². The van der Waals surface area contributed by atoms with Gasteiger partial charge in [0.05, 0.1) is 6.54 Å². The van der Waals surface area contributed by atoms with E-state index in [1.807, 2.05) is 36.8 Å². The standard InChI is InChI=1S/C18H29N7OS/c1-5-15-24-22-13-25(15)9-8-19-17(20-11-14-7-6-10-27-14)21-12-16(26)23-18(2,3)4/h6-7,10,13H,5,8-9,11-12H2,1-4H3,(H,23,26)(H2,19,20,21). The molecule has 2 aromatic rings. The van der Waals surface area contributed by atoms with Crippen LogP contribution in [0.1, 0.15) is 38.4 Å². The van der Waals surface area contributed by atoms with Gasteiger partial charge in [-0.05, 0) is 32.2 Å². The highest BCUT2D eigenvalue weighted by atomic mass is 32.1. The molecule has 0 aliphatic carbocycles. The van der Waals surface area contributed by atoms with Gasteiger partial charge >= 0.3 is 0 Å². The van der Waals surface area contributed by atoms with Gasteiger partial charge in [-0.3, -0.25) is 4.79 Å². The van der Waals surface area contributed by atoms with E-state index in [4.69, 9.17) is 0 Å². The molecule has 0 aliphatic heterocycles. The zero-order chi connectivity index (χ0) is 19.7. The highest BCUT2D eigenvalue weighted by Gasteiger charge is 2.13. The number of aromatic nitrogens is 3. The van der Waals surface area contributed by atoms with Gasteiger partial charge in [0, 0.05) is 29.9 Å². The Kier molecular flexibility index (Phi) is 7.78. The van der Waals surface area contributed by atoms with Crippen molar-refractivity contribution in [2.24, 2.45) is 4.99 Å². The van der Waals surface area contributed by atoms with Crippen LogP contribution >= 0.6 is 11.3 Å². The normalized spacial score (nSPS) is 12.1. The first-order chi connectivity index (χ1) is 12.9. The minimum absolute atomic E-state index is 0.0733. The molecule has 148 valence electrons. The van der Waals surface area contributed by atoms with E-state index in [-0.39, 0.29) is 18.0 Å². The summed E-state index contributed by atoms with van der Waals surface area (Å²) in [7, 11) is 0. The van der Waals surface area contributed by atoms with Crippen LogP contribution in [-0.4, -0.2) is 45.3 Å². The maximum Gasteiger partial charge on any atom is 0.242 e. The molecule has 2 heterocycles. The summed E-state index contributed by atoms with van der Waals surface area (Å²) in [5, 5.41) is 19.5. The molecule has 1 amide bonds. The fourth-order valence-corrected chi connectivity index (χ4v) is 3.05. The first-order valence-electron chi connectivity index (χ1n) is 9.09. The smallest absolute Gasteiger partial charge is 0.242 e. The van der Waals surface area contributed by atoms with E-state index in [1.165, 1.54) is 4.88 Å². The van der Waals surface area contributed by atoms with E-state index in [9.17, 15) is 4.79 Å². The average Bonchev–Trinajstić information content (AvgIpc) is 3.26. The molecule has 0 fully saturated rings. The largest absolute Gasteiger partial charge is 0.355 e. The molecule has 9 heteroatoms. The zero-order valence-electron chi connectivity index (χ0n) is 16.5. The predicted octanol–water partition coefficient (Wildman–Crippen LogP) is 1.55. The predicted molar refractivity (Wildman–Crippen MR) is 109 cm³/mol. The van der Waals surface area contributed by atoms with Crippen molar-refractivity contribution in [3.05, 3.63) is 34.5 Å². The fourth-order valence-electron chi connectivity index (χ4n) is 2.40. The van der Waals surface area contributed by atoms with Crippen molar-refractivity contribution in [2.45, 2.75) is 52.7 Å². The van der Waals surface area contributed by atoms with Crippen molar-refractivity contribution in [3.63, 3.8) is 0 Å².